The maximum Gasteiger partial charge on any atom is 0.247 e. The van der Waals surface area contributed by atoms with Crippen molar-refractivity contribution in [1.29, 1.82) is 0 Å². The highest BCUT2D eigenvalue weighted by atomic mass is 35.5. The molecule has 1 aromatic heterocycles. The van der Waals surface area contributed by atoms with Crippen LogP contribution in [0.5, 0.6) is 0 Å². The molecule has 0 aliphatic carbocycles. The molecule has 0 saturated carbocycles. The monoisotopic (exact) mass is 360 g/mol. The molecule has 0 radical (unpaired) electrons. The summed E-state index contributed by atoms with van der Waals surface area (Å²) in [7, 11) is 0. The van der Waals surface area contributed by atoms with Gasteiger partial charge in [-0.2, -0.15) is 5.10 Å². The molecule has 1 saturated heterocycles. The Morgan fingerprint density at radius 1 is 1.16 bits per heavy atom. The second-order valence-corrected chi connectivity index (χ2v) is 7.21. The third-order valence-corrected chi connectivity index (χ3v) is 5.02. The van der Waals surface area contributed by atoms with E-state index in [1.165, 1.54) is 5.56 Å². The largest absolute Gasteiger partial charge is 0.338 e. The Labute approximate surface area is 154 Å². The summed E-state index contributed by atoms with van der Waals surface area (Å²) in [5.41, 5.74) is 3.23. The van der Waals surface area contributed by atoms with Crippen molar-refractivity contribution in [2.75, 3.05) is 26.2 Å². The first-order valence-corrected chi connectivity index (χ1v) is 9.10. The fourth-order valence-corrected chi connectivity index (χ4v) is 3.51. The Bertz CT molecular complexity index is 732. The van der Waals surface area contributed by atoms with Crippen molar-refractivity contribution in [3.63, 3.8) is 0 Å². The van der Waals surface area contributed by atoms with Crippen molar-refractivity contribution in [2.24, 2.45) is 0 Å². The zero-order valence-electron chi connectivity index (χ0n) is 15.1. The van der Waals surface area contributed by atoms with Gasteiger partial charge < -0.3 is 4.90 Å². The van der Waals surface area contributed by atoms with E-state index in [1.54, 1.807) is 0 Å². The van der Waals surface area contributed by atoms with E-state index in [-0.39, 0.29) is 11.9 Å². The summed E-state index contributed by atoms with van der Waals surface area (Å²) >= 11 is 5.94. The number of hydrogen-bond acceptors (Lipinski definition) is 3. The molecule has 0 spiro atoms. The van der Waals surface area contributed by atoms with E-state index in [0.29, 0.717) is 0 Å². The Balaban J connectivity index is 1.55. The third kappa shape index (κ3) is 4.22. The fraction of sp³-hybridized carbons (Fsp3) is 0.474. The van der Waals surface area contributed by atoms with Gasteiger partial charge >= 0.3 is 0 Å². The van der Waals surface area contributed by atoms with E-state index in [0.717, 1.165) is 49.1 Å². The SMILES string of the molecule is Cc1cc(C)n(C(C)C(=O)N2CCN(Cc3ccc(Cl)cc3)CC2)n1. The average Bonchev–Trinajstić information content (AvgIpc) is 2.94. The molecule has 3 rings (SSSR count). The fourth-order valence-electron chi connectivity index (χ4n) is 3.38. The molecule has 1 atom stereocenters. The van der Waals surface area contributed by atoms with Crippen LogP contribution in [0.2, 0.25) is 5.02 Å². The third-order valence-electron chi connectivity index (χ3n) is 4.77. The second kappa shape index (κ2) is 7.58. The maximum atomic E-state index is 12.8. The summed E-state index contributed by atoms with van der Waals surface area (Å²) in [5.74, 6) is 0.150. The molecule has 25 heavy (non-hydrogen) atoms. The Hall–Kier alpha value is -1.85. The highest BCUT2D eigenvalue weighted by Crippen LogP contribution is 2.17. The van der Waals surface area contributed by atoms with Gasteiger partial charge in [-0.25, -0.2) is 0 Å². The van der Waals surface area contributed by atoms with Crippen molar-refractivity contribution in [3.05, 3.63) is 52.3 Å². The minimum atomic E-state index is -0.253. The van der Waals surface area contributed by atoms with Crippen molar-refractivity contribution in [2.45, 2.75) is 33.4 Å². The van der Waals surface area contributed by atoms with Gasteiger partial charge in [0.2, 0.25) is 5.91 Å². The predicted octanol–water partition coefficient (Wildman–Crippen LogP) is 3.06. The summed E-state index contributed by atoms with van der Waals surface area (Å²) in [6.07, 6.45) is 0. The van der Waals surface area contributed by atoms with Crippen LogP contribution < -0.4 is 0 Å². The Morgan fingerprint density at radius 3 is 2.36 bits per heavy atom. The molecule has 6 heteroatoms. The van der Waals surface area contributed by atoms with E-state index in [2.05, 4.69) is 22.1 Å². The first-order chi connectivity index (χ1) is 11.9. The number of carbonyl (C=O) groups excluding carboxylic acids is 1. The number of carbonyl (C=O) groups is 1. The van der Waals surface area contributed by atoms with E-state index in [9.17, 15) is 4.79 Å². The molecule has 1 aliphatic heterocycles. The number of amides is 1. The van der Waals surface area contributed by atoms with Crippen molar-refractivity contribution in [1.82, 2.24) is 19.6 Å². The van der Waals surface area contributed by atoms with E-state index < -0.39 is 0 Å². The van der Waals surface area contributed by atoms with Crippen LogP contribution in [0, 0.1) is 13.8 Å². The number of nitrogens with zero attached hydrogens (tertiary/aromatic N) is 4. The Kier molecular flexibility index (Phi) is 5.45. The highest BCUT2D eigenvalue weighted by Gasteiger charge is 2.27. The van der Waals surface area contributed by atoms with Crippen LogP contribution in [-0.2, 0) is 11.3 Å². The van der Waals surface area contributed by atoms with Crippen LogP contribution in [-0.4, -0.2) is 51.7 Å². The second-order valence-electron chi connectivity index (χ2n) is 6.78. The number of aryl methyl sites for hydroxylation is 2. The van der Waals surface area contributed by atoms with Crippen LogP contribution in [0.25, 0.3) is 0 Å². The molecule has 0 bridgehead atoms. The zero-order valence-corrected chi connectivity index (χ0v) is 15.8. The van der Waals surface area contributed by atoms with Gasteiger partial charge in [-0.3, -0.25) is 14.4 Å². The minimum Gasteiger partial charge on any atom is -0.338 e. The molecule has 2 heterocycles. The normalized spacial score (nSPS) is 16.9. The highest BCUT2D eigenvalue weighted by molar-refractivity contribution is 6.30. The molecule has 1 amide bonds. The van der Waals surface area contributed by atoms with Crippen molar-refractivity contribution in [3.8, 4) is 0 Å². The lowest BCUT2D eigenvalue weighted by Gasteiger charge is -2.36. The zero-order chi connectivity index (χ0) is 18.0. The van der Waals surface area contributed by atoms with Crippen LogP contribution in [0.4, 0.5) is 0 Å². The molecule has 5 nitrogen and oxygen atoms in total. The number of rotatable bonds is 4. The van der Waals surface area contributed by atoms with E-state index >= 15 is 0 Å². The Morgan fingerprint density at radius 2 is 1.80 bits per heavy atom. The molecule has 0 N–H and O–H groups in total. The number of benzene rings is 1. The first-order valence-electron chi connectivity index (χ1n) is 8.72. The van der Waals surface area contributed by atoms with Crippen LogP contribution in [0.1, 0.15) is 29.9 Å². The summed E-state index contributed by atoms with van der Waals surface area (Å²) < 4.78 is 1.83. The maximum absolute atomic E-state index is 12.8. The number of hydrogen-bond donors (Lipinski definition) is 0. The lowest BCUT2D eigenvalue weighted by atomic mass is 10.2. The van der Waals surface area contributed by atoms with Crippen LogP contribution in [0.3, 0.4) is 0 Å². The van der Waals surface area contributed by atoms with Gasteiger partial charge in [0.15, 0.2) is 0 Å². The lowest BCUT2D eigenvalue weighted by molar-refractivity contribution is -0.136. The summed E-state index contributed by atoms with van der Waals surface area (Å²) in [6, 6.07) is 9.72. The quantitative estimate of drug-likeness (QED) is 0.841. The predicted molar refractivity (Wildman–Crippen MR) is 99.7 cm³/mol. The van der Waals surface area contributed by atoms with Gasteiger partial charge in [0.1, 0.15) is 6.04 Å². The molecular formula is C19H25ClN4O. The van der Waals surface area contributed by atoms with Crippen molar-refractivity contribution >= 4 is 17.5 Å². The molecular weight excluding hydrogens is 336 g/mol. The summed E-state index contributed by atoms with van der Waals surface area (Å²) in [6.45, 7) is 10.1. The topological polar surface area (TPSA) is 41.4 Å². The molecule has 2 aromatic rings. The smallest absolute Gasteiger partial charge is 0.247 e. The van der Waals surface area contributed by atoms with Gasteiger partial charge in [-0.05, 0) is 44.5 Å². The van der Waals surface area contributed by atoms with Crippen molar-refractivity contribution < 1.29 is 4.79 Å². The van der Waals surface area contributed by atoms with Gasteiger partial charge in [0, 0.05) is 43.4 Å². The van der Waals surface area contributed by atoms with Gasteiger partial charge in [0.05, 0.1) is 5.69 Å². The number of halogens is 1. The number of piperazine rings is 1. The minimum absolute atomic E-state index is 0.150. The standard InChI is InChI=1S/C19H25ClN4O/c1-14-12-15(2)24(21-14)16(3)19(25)23-10-8-22(9-11-23)13-17-4-6-18(20)7-5-17/h4-7,12,16H,8-11,13H2,1-3H3. The first kappa shape index (κ1) is 18.0. The van der Waals surface area contributed by atoms with Gasteiger partial charge in [-0.1, -0.05) is 23.7 Å². The summed E-state index contributed by atoms with van der Waals surface area (Å²) in [4.78, 5) is 17.1. The molecule has 134 valence electrons. The molecule has 1 unspecified atom stereocenters. The lowest BCUT2D eigenvalue weighted by Crippen LogP contribution is -2.50. The molecule has 1 aromatic carbocycles. The van der Waals surface area contributed by atoms with Crippen LogP contribution >= 0.6 is 11.6 Å². The molecule has 1 aliphatic rings. The van der Waals surface area contributed by atoms with E-state index in [1.807, 2.05) is 48.6 Å². The summed E-state index contributed by atoms with van der Waals surface area (Å²) in [5, 5.41) is 5.21. The van der Waals surface area contributed by atoms with Gasteiger partial charge in [-0.15, -0.1) is 0 Å². The van der Waals surface area contributed by atoms with Gasteiger partial charge in [0.25, 0.3) is 0 Å². The van der Waals surface area contributed by atoms with E-state index in [4.69, 9.17) is 11.6 Å². The molecule has 1 fully saturated rings. The average molecular weight is 361 g/mol. The van der Waals surface area contributed by atoms with Crippen LogP contribution in [0.15, 0.2) is 30.3 Å². The number of aromatic nitrogens is 2.